The summed E-state index contributed by atoms with van der Waals surface area (Å²) >= 11 is 0. The molecule has 0 aliphatic carbocycles. The molecular weight excluding hydrogens is 248 g/mol. The Morgan fingerprint density at radius 2 is 2.11 bits per heavy atom. The van der Waals surface area contributed by atoms with Gasteiger partial charge in [0.15, 0.2) is 0 Å². The molecule has 1 rings (SSSR count). The fourth-order valence-electron chi connectivity index (χ4n) is 1.59. The molecule has 1 N–H and O–H groups in total. The zero-order chi connectivity index (χ0) is 14.1. The standard InChI is InChI=1S/C13H20N2O4/c1-3-4-11-10(13(16)17)9-14-12(15-11)5-6-19-8-7-18-2/h9H,3-8H2,1-2H3,(H,16,17). The number of aromatic carboxylic acids is 1. The molecule has 1 aromatic rings. The number of methoxy groups -OCH3 is 1. The van der Waals surface area contributed by atoms with Crippen LogP contribution in [0.4, 0.5) is 0 Å². The molecule has 0 spiro atoms. The van der Waals surface area contributed by atoms with Crippen molar-refractivity contribution in [1.82, 2.24) is 9.97 Å². The summed E-state index contributed by atoms with van der Waals surface area (Å²) in [6.45, 7) is 3.58. The fourth-order valence-corrected chi connectivity index (χ4v) is 1.59. The van der Waals surface area contributed by atoms with Crippen LogP contribution in [-0.2, 0) is 22.3 Å². The van der Waals surface area contributed by atoms with Crippen LogP contribution in [0.5, 0.6) is 0 Å². The SMILES string of the molecule is CCCc1nc(CCOCCOC)ncc1C(=O)O. The van der Waals surface area contributed by atoms with Gasteiger partial charge in [-0.1, -0.05) is 13.3 Å². The van der Waals surface area contributed by atoms with Gasteiger partial charge >= 0.3 is 5.97 Å². The van der Waals surface area contributed by atoms with Crippen LogP contribution in [0.1, 0.15) is 35.2 Å². The lowest BCUT2D eigenvalue weighted by Crippen LogP contribution is -2.11. The minimum Gasteiger partial charge on any atom is -0.478 e. The molecule has 1 heterocycles. The lowest BCUT2D eigenvalue weighted by atomic mass is 10.1. The Kier molecular flexibility index (Phi) is 6.99. The Balaban J connectivity index is 2.59. The topological polar surface area (TPSA) is 81.5 Å². The number of aryl methyl sites for hydroxylation is 1. The Bertz CT molecular complexity index is 410. The average Bonchev–Trinajstić information content (AvgIpc) is 2.39. The van der Waals surface area contributed by atoms with Crippen molar-refractivity contribution in [3.05, 3.63) is 23.3 Å². The van der Waals surface area contributed by atoms with Crippen molar-refractivity contribution in [1.29, 1.82) is 0 Å². The first-order valence-corrected chi connectivity index (χ1v) is 6.33. The highest BCUT2D eigenvalue weighted by atomic mass is 16.5. The van der Waals surface area contributed by atoms with Gasteiger partial charge in [0.1, 0.15) is 5.82 Å². The summed E-state index contributed by atoms with van der Waals surface area (Å²) in [7, 11) is 1.62. The molecule has 6 nitrogen and oxygen atoms in total. The van der Waals surface area contributed by atoms with E-state index in [1.54, 1.807) is 7.11 Å². The highest BCUT2D eigenvalue weighted by Crippen LogP contribution is 2.08. The molecule has 19 heavy (non-hydrogen) atoms. The third-order valence-electron chi connectivity index (χ3n) is 2.54. The maximum absolute atomic E-state index is 11.0. The Morgan fingerprint density at radius 1 is 1.32 bits per heavy atom. The molecule has 0 amide bonds. The summed E-state index contributed by atoms with van der Waals surface area (Å²) in [6.07, 6.45) is 3.44. The zero-order valence-electron chi connectivity index (χ0n) is 11.4. The van der Waals surface area contributed by atoms with Crippen molar-refractivity contribution in [2.24, 2.45) is 0 Å². The summed E-state index contributed by atoms with van der Waals surface area (Å²) in [4.78, 5) is 19.4. The third kappa shape index (κ3) is 5.32. The van der Waals surface area contributed by atoms with Crippen molar-refractivity contribution in [2.75, 3.05) is 26.9 Å². The largest absolute Gasteiger partial charge is 0.478 e. The second-order valence-electron chi connectivity index (χ2n) is 4.06. The minimum absolute atomic E-state index is 0.186. The predicted molar refractivity (Wildman–Crippen MR) is 69.4 cm³/mol. The normalized spacial score (nSPS) is 10.6. The fraction of sp³-hybridized carbons (Fsp3) is 0.615. The number of carboxylic acid groups (broad SMARTS) is 1. The van der Waals surface area contributed by atoms with E-state index in [0.717, 1.165) is 6.42 Å². The van der Waals surface area contributed by atoms with E-state index >= 15 is 0 Å². The third-order valence-corrected chi connectivity index (χ3v) is 2.54. The van der Waals surface area contributed by atoms with E-state index in [2.05, 4.69) is 9.97 Å². The molecule has 0 fully saturated rings. The van der Waals surface area contributed by atoms with Crippen LogP contribution >= 0.6 is 0 Å². The summed E-state index contributed by atoms with van der Waals surface area (Å²) in [5.41, 5.74) is 0.780. The predicted octanol–water partition coefficient (Wildman–Crippen LogP) is 1.33. The van der Waals surface area contributed by atoms with Crippen LogP contribution in [0.2, 0.25) is 0 Å². The smallest absolute Gasteiger partial charge is 0.339 e. The maximum atomic E-state index is 11.0. The van der Waals surface area contributed by atoms with Crippen LogP contribution in [0.15, 0.2) is 6.20 Å². The maximum Gasteiger partial charge on any atom is 0.339 e. The number of ether oxygens (including phenoxy) is 2. The van der Waals surface area contributed by atoms with Gasteiger partial charge in [-0.15, -0.1) is 0 Å². The quantitative estimate of drug-likeness (QED) is 0.680. The van der Waals surface area contributed by atoms with Crippen LogP contribution < -0.4 is 0 Å². The van der Waals surface area contributed by atoms with Gasteiger partial charge in [0.2, 0.25) is 0 Å². The number of hydrogen-bond acceptors (Lipinski definition) is 5. The van der Waals surface area contributed by atoms with E-state index in [-0.39, 0.29) is 5.56 Å². The van der Waals surface area contributed by atoms with Crippen LogP contribution in [0.3, 0.4) is 0 Å². The molecule has 0 unspecified atom stereocenters. The van der Waals surface area contributed by atoms with Crippen molar-refractivity contribution >= 4 is 5.97 Å². The van der Waals surface area contributed by atoms with Crippen molar-refractivity contribution in [3.8, 4) is 0 Å². The second-order valence-corrected chi connectivity index (χ2v) is 4.06. The molecule has 0 aromatic carbocycles. The van der Waals surface area contributed by atoms with Gasteiger partial charge in [0.25, 0.3) is 0 Å². The highest BCUT2D eigenvalue weighted by Gasteiger charge is 2.12. The first-order chi connectivity index (χ1) is 9.19. The van der Waals surface area contributed by atoms with E-state index in [9.17, 15) is 4.79 Å². The second kappa shape index (κ2) is 8.55. The lowest BCUT2D eigenvalue weighted by molar-refractivity contribution is 0.0693. The molecule has 0 bridgehead atoms. The Morgan fingerprint density at radius 3 is 2.74 bits per heavy atom. The summed E-state index contributed by atoms with van der Waals surface area (Å²) < 4.78 is 10.2. The van der Waals surface area contributed by atoms with E-state index < -0.39 is 5.97 Å². The Hall–Kier alpha value is -1.53. The van der Waals surface area contributed by atoms with Crippen molar-refractivity contribution in [3.63, 3.8) is 0 Å². The van der Waals surface area contributed by atoms with Crippen molar-refractivity contribution < 1.29 is 19.4 Å². The molecule has 0 aliphatic rings. The van der Waals surface area contributed by atoms with Gasteiger partial charge in [-0.3, -0.25) is 0 Å². The zero-order valence-corrected chi connectivity index (χ0v) is 11.4. The van der Waals surface area contributed by atoms with Gasteiger partial charge in [0.05, 0.1) is 31.1 Å². The van der Waals surface area contributed by atoms with E-state index in [1.165, 1.54) is 6.20 Å². The van der Waals surface area contributed by atoms with Gasteiger partial charge in [-0.05, 0) is 6.42 Å². The van der Waals surface area contributed by atoms with Crippen LogP contribution in [0.25, 0.3) is 0 Å². The first-order valence-electron chi connectivity index (χ1n) is 6.33. The van der Waals surface area contributed by atoms with Gasteiger partial charge in [-0.2, -0.15) is 0 Å². The molecule has 106 valence electrons. The highest BCUT2D eigenvalue weighted by molar-refractivity contribution is 5.88. The van der Waals surface area contributed by atoms with Gasteiger partial charge in [0, 0.05) is 19.7 Å². The summed E-state index contributed by atoms with van der Waals surface area (Å²) in [5, 5.41) is 9.04. The molecule has 0 radical (unpaired) electrons. The number of carboxylic acids is 1. The molecular formula is C13H20N2O4. The van der Waals surface area contributed by atoms with Crippen molar-refractivity contribution in [2.45, 2.75) is 26.2 Å². The lowest BCUT2D eigenvalue weighted by Gasteiger charge is -2.07. The molecule has 1 aromatic heterocycles. The van der Waals surface area contributed by atoms with Crippen LogP contribution in [0, 0.1) is 0 Å². The number of rotatable bonds is 9. The molecule has 0 saturated heterocycles. The monoisotopic (exact) mass is 268 g/mol. The number of aromatic nitrogens is 2. The first kappa shape index (κ1) is 15.5. The summed E-state index contributed by atoms with van der Waals surface area (Å²) in [5.74, 6) is -0.364. The van der Waals surface area contributed by atoms with E-state index in [4.69, 9.17) is 14.6 Å². The van der Waals surface area contributed by atoms with E-state index in [1.807, 2.05) is 6.92 Å². The van der Waals surface area contributed by atoms with Gasteiger partial charge in [-0.25, -0.2) is 14.8 Å². The molecule has 6 heteroatoms. The van der Waals surface area contributed by atoms with E-state index in [0.29, 0.717) is 44.2 Å². The molecule has 0 aliphatic heterocycles. The summed E-state index contributed by atoms with van der Waals surface area (Å²) in [6, 6.07) is 0. The average molecular weight is 268 g/mol. The minimum atomic E-state index is -0.980. The Labute approximate surface area is 112 Å². The molecule has 0 atom stereocenters. The number of hydrogen-bond donors (Lipinski definition) is 1. The van der Waals surface area contributed by atoms with Gasteiger partial charge < -0.3 is 14.6 Å². The number of carbonyl (C=O) groups is 1. The number of nitrogens with zero attached hydrogens (tertiary/aromatic N) is 2. The van der Waals surface area contributed by atoms with Crippen LogP contribution in [-0.4, -0.2) is 48.0 Å². The molecule has 0 saturated carbocycles.